The van der Waals surface area contributed by atoms with E-state index in [-0.39, 0.29) is 11.8 Å². The Bertz CT molecular complexity index is 995. The van der Waals surface area contributed by atoms with Gasteiger partial charge in [-0.3, -0.25) is 14.2 Å². The maximum atomic E-state index is 12.6. The first-order valence-corrected chi connectivity index (χ1v) is 10.9. The summed E-state index contributed by atoms with van der Waals surface area (Å²) in [6.07, 6.45) is 3.39. The molecule has 3 rings (SSSR count). The second-order valence-electron chi connectivity index (χ2n) is 6.71. The summed E-state index contributed by atoms with van der Waals surface area (Å²) in [5.74, 6) is 0.0319. The third-order valence-electron chi connectivity index (χ3n) is 4.41. The molecule has 10 heteroatoms. The summed E-state index contributed by atoms with van der Waals surface area (Å²) >= 11 is 10.9. The van der Waals surface area contributed by atoms with Gasteiger partial charge in [-0.15, -0.1) is 11.3 Å². The van der Waals surface area contributed by atoms with Gasteiger partial charge >= 0.3 is 0 Å². The summed E-state index contributed by atoms with van der Waals surface area (Å²) in [4.78, 5) is 17.8. The second kappa shape index (κ2) is 8.75. The molecule has 0 spiro atoms. The van der Waals surface area contributed by atoms with Crippen LogP contribution >= 0.6 is 38.9 Å². The van der Waals surface area contributed by atoms with Crippen molar-refractivity contribution in [2.45, 2.75) is 46.7 Å². The Labute approximate surface area is 181 Å². The fraction of sp³-hybridized carbons (Fsp3) is 0.444. The van der Waals surface area contributed by atoms with Crippen molar-refractivity contribution in [1.82, 2.24) is 29.9 Å². The van der Waals surface area contributed by atoms with Crippen molar-refractivity contribution in [1.29, 1.82) is 0 Å². The molecule has 0 aliphatic rings. The molecule has 3 heterocycles. The topological polar surface area (TPSA) is 77.6 Å². The van der Waals surface area contributed by atoms with Crippen LogP contribution in [0.4, 0.5) is 0 Å². The van der Waals surface area contributed by atoms with Gasteiger partial charge in [0.25, 0.3) is 5.91 Å². The van der Waals surface area contributed by atoms with E-state index in [0.717, 1.165) is 26.6 Å². The van der Waals surface area contributed by atoms with Gasteiger partial charge in [-0.25, -0.2) is 4.98 Å². The molecular formula is C18H22BrClN6OS. The quantitative estimate of drug-likeness (QED) is 0.546. The van der Waals surface area contributed by atoms with Crippen LogP contribution in [-0.4, -0.2) is 37.0 Å². The van der Waals surface area contributed by atoms with Crippen LogP contribution in [0.2, 0.25) is 5.02 Å². The molecular weight excluding hydrogens is 464 g/mol. The number of nitrogens with one attached hydrogen (secondary N) is 1. The first-order chi connectivity index (χ1) is 13.3. The predicted molar refractivity (Wildman–Crippen MR) is 114 cm³/mol. The number of nitrogens with zero attached hydrogens (tertiary/aromatic N) is 5. The zero-order valence-corrected chi connectivity index (χ0v) is 19.3. The van der Waals surface area contributed by atoms with Gasteiger partial charge in [0, 0.05) is 30.9 Å². The first kappa shape index (κ1) is 21.0. The van der Waals surface area contributed by atoms with Crippen molar-refractivity contribution >= 4 is 44.8 Å². The molecule has 0 bridgehead atoms. The molecule has 0 saturated carbocycles. The van der Waals surface area contributed by atoms with Gasteiger partial charge in [0.2, 0.25) is 0 Å². The Balaban J connectivity index is 1.60. The highest BCUT2D eigenvalue weighted by molar-refractivity contribution is 9.10. The summed E-state index contributed by atoms with van der Waals surface area (Å²) < 4.78 is 4.69. The molecule has 28 heavy (non-hydrogen) atoms. The molecule has 0 radical (unpaired) electrons. The van der Waals surface area contributed by atoms with Gasteiger partial charge in [-0.05, 0) is 36.7 Å². The molecule has 1 N–H and O–H groups in total. The zero-order valence-electron chi connectivity index (χ0n) is 16.2. The lowest BCUT2D eigenvalue weighted by Gasteiger charge is -2.08. The van der Waals surface area contributed by atoms with Crippen LogP contribution in [-0.2, 0) is 13.1 Å². The predicted octanol–water partition coefficient (Wildman–Crippen LogP) is 4.11. The number of thiazole rings is 1. The van der Waals surface area contributed by atoms with Crippen LogP contribution < -0.4 is 5.32 Å². The van der Waals surface area contributed by atoms with Gasteiger partial charge in [-0.1, -0.05) is 18.5 Å². The molecule has 1 atom stereocenters. The number of halogens is 2. The number of carbonyl (C=O) groups excluding carboxylic acids is 1. The molecule has 0 aliphatic carbocycles. The normalized spacial score (nSPS) is 12.4. The average molecular weight is 486 g/mol. The smallest absolute Gasteiger partial charge is 0.263 e. The van der Waals surface area contributed by atoms with Crippen molar-refractivity contribution in [2.75, 3.05) is 6.54 Å². The van der Waals surface area contributed by atoms with E-state index < -0.39 is 0 Å². The molecule has 1 amide bonds. The molecule has 0 fully saturated rings. The summed E-state index contributed by atoms with van der Waals surface area (Å²) in [6.45, 7) is 9.66. The Morgan fingerprint density at radius 1 is 1.36 bits per heavy atom. The molecule has 0 aliphatic heterocycles. The maximum Gasteiger partial charge on any atom is 0.263 e. The minimum atomic E-state index is -0.101. The maximum absolute atomic E-state index is 12.6. The number of aryl methyl sites for hydroxylation is 2. The van der Waals surface area contributed by atoms with Crippen molar-refractivity contribution in [3.63, 3.8) is 0 Å². The molecule has 3 aromatic rings. The second-order valence-corrected chi connectivity index (χ2v) is 8.97. The Hall–Kier alpha value is -1.71. The minimum Gasteiger partial charge on any atom is -0.349 e. The number of carbonyl (C=O) groups is 1. The largest absolute Gasteiger partial charge is 0.349 e. The summed E-state index contributed by atoms with van der Waals surface area (Å²) in [5, 5.41) is 13.1. The van der Waals surface area contributed by atoms with Crippen LogP contribution in [0.5, 0.6) is 0 Å². The highest BCUT2D eigenvalue weighted by Gasteiger charge is 2.19. The van der Waals surface area contributed by atoms with Crippen LogP contribution in [0.25, 0.3) is 0 Å². The molecule has 150 valence electrons. The summed E-state index contributed by atoms with van der Waals surface area (Å²) in [6, 6.07) is 0. The highest BCUT2D eigenvalue weighted by Crippen LogP contribution is 2.26. The molecule has 0 aromatic carbocycles. The highest BCUT2D eigenvalue weighted by atomic mass is 79.9. The number of rotatable bonds is 7. The first-order valence-electron chi connectivity index (χ1n) is 8.89. The van der Waals surface area contributed by atoms with Gasteiger partial charge in [-0.2, -0.15) is 10.2 Å². The van der Waals surface area contributed by atoms with Gasteiger partial charge in [0.15, 0.2) is 0 Å². The summed E-state index contributed by atoms with van der Waals surface area (Å²) in [5.41, 5.74) is 2.74. The third-order valence-corrected chi connectivity index (χ3v) is 7.14. The Morgan fingerprint density at radius 2 is 2.11 bits per heavy atom. The van der Waals surface area contributed by atoms with Crippen LogP contribution in [0.1, 0.15) is 44.6 Å². The average Bonchev–Trinajstić information content (AvgIpc) is 3.30. The van der Waals surface area contributed by atoms with Crippen molar-refractivity contribution in [3.05, 3.63) is 48.9 Å². The number of hydrogen-bond donors (Lipinski definition) is 1. The van der Waals surface area contributed by atoms with E-state index in [0.29, 0.717) is 29.5 Å². The Morgan fingerprint density at radius 3 is 2.71 bits per heavy atom. The van der Waals surface area contributed by atoms with E-state index in [2.05, 4.69) is 43.4 Å². The van der Waals surface area contributed by atoms with E-state index in [9.17, 15) is 4.79 Å². The molecule has 0 saturated heterocycles. The fourth-order valence-corrected chi connectivity index (χ4v) is 4.35. The lowest BCUT2D eigenvalue weighted by molar-refractivity contribution is 0.0955. The number of aromatic nitrogens is 5. The van der Waals surface area contributed by atoms with E-state index >= 15 is 0 Å². The standard InChI is InChI=1S/C18H22BrClN6OS/c1-10(8-25-9-14(20)7-22-25)18-23-12(3)16(28-18)17(27)21-5-6-26-13(4)15(19)11(2)24-26/h7,9-10H,5-6,8H2,1-4H3,(H,21,27)/t10-/m1/s1. The van der Waals surface area contributed by atoms with E-state index in [1.807, 2.05) is 25.5 Å². The Kier molecular flexibility index (Phi) is 6.57. The van der Waals surface area contributed by atoms with Gasteiger partial charge in [0.1, 0.15) is 4.88 Å². The molecule has 7 nitrogen and oxygen atoms in total. The van der Waals surface area contributed by atoms with E-state index in [4.69, 9.17) is 11.6 Å². The summed E-state index contributed by atoms with van der Waals surface area (Å²) in [7, 11) is 0. The number of amides is 1. The van der Waals surface area contributed by atoms with Gasteiger partial charge in [0.05, 0.1) is 38.6 Å². The number of hydrogen-bond acceptors (Lipinski definition) is 5. The zero-order chi connectivity index (χ0) is 20.4. The van der Waals surface area contributed by atoms with Crippen LogP contribution in [0.3, 0.4) is 0 Å². The monoisotopic (exact) mass is 484 g/mol. The lowest BCUT2D eigenvalue weighted by atomic mass is 10.2. The van der Waals surface area contributed by atoms with Crippen LogP contribution in [0.15, 0.2) is 16.9 Å². The fourth-order valence-electron chi connectivity index (χ4n) is 2.88. The van der Waals surface area contributed by atoms with E-state index in [1.165, 1.54) is 11.3 Å². The van der Waals surface area contributed by atoms with Gasteiger partial charge < -0.3 is 5.32 Å². The van der Waals surface area contributed by atoms with Crippen molar-refractivity contribution in [3.8, 4) is 0 Å². The third kappa shape index (κ3) is 4.64. The van der Waals surface area contributed by atoms with E-state index in [1.54, 1.807) is 17.1 Å². The molecule has 0 unspecified atom stereocenters. The molecule has 3 aromatic heterocycles. The minimum absolute atomic E-state index is 0.101. The van der Waals surface area contributed by atoms with Crippen molar-refractivity contribution < 1.29 is 4.79 Å². The lowest BCUT2D eigenvalue weighted by Crippen LogP contribution is -2.27. The van der Waals surface area contributed by atoms with Crippen molar-refractivity contribution in [2.24, 2.45) is 0 Å². The SMILES string of the molecule is Cc1nc([C@H](C)Cn2cc(Cl)cn2)sc1C(=O)NCCn1nc(C)c(Br)c1C. The van der Waals surface area contributed by atoms with Crippen LogP contribution in [0, 0.1) is 20.8 Å².